The highest BCUT2D eigenvalue weighted by Crippen LogP contribution is 2.33. The van der Waals surface area contributed by atoms with Gasteiger partial charge in [-0.3, -0.25) is 4.40 Å². The second-order valence-corrected chi connectivity index (χ2v) is 9.76. The first-order chi connectivity index (χ1) is 17.1. The fourth-order valence-electron chi connectivity index (χ4n) is 3.33. The van der Waals surface area contributed by atoms with Crippen LogP contribution in [0.5, 0.6) is 0 Å². The molecular formula is C27H28F3N3O2S. The number of carboxylic acid groups (broad SMARTS) is 1. The lowest BCUT2D eigenvalue weighted by Crippen LogP contribution is -2.21. The van der Waals surface area contributed by atoms with Crippen molar-refractivity contribution in [1.29, 1.82) is 0 Å². The number of anilines is 1. The van der Waals surface area contributed by atoms with Gasteiger partial charge in [0.1, 0.15) is 17.2 Å². The number of imidazole rings is 1. The molecule has 36 heavy (non-hydrogen) atoms. The standard InChI is InChI=1S/C25H27N3S.C2HF3O2/c1-4-19(3)29-22-12-8-11-21(16-22)24-25(26-17-20-9-6-5-7-10-20)28-14-13-18(2)15-23(28)27-24;3-2(4,5)1(6)7/h5-16,19,26H,4,17H2,1-3H3;(H,6,7). The number of aryl methyl sites for hydroxylation is 1. The fraction of sp³-hybridized carbons (Fsp3) is 0.259. The number of pyridine rings is 1. The molecule has 0 aliphatic heterocycles. The summed E-state index contributed by atoms with van der Waals surface area (Å²) in [5.74, 6) is -1.72. The number of rotatable bonds is 7. The number of hydrogen-bond acceptors (Lipinski definition) is 4. The van der Waals surface area contributed by atoms with Gasteiger partial charge in [-0.25, -0.2) is 9.78 Å². The first-order valence-corrected chi connectivity index (χ1v) is 12.3. The zero-order valence-electron chi connectivity index (χ0n) is 20.2. The Morgan fingerprint density at radius 1 is 1.11 bits per heavy atom. The van der Waals surface area contributed by atoms with E-state index in [4.69, 9.17) is 14.9 Å². The van der Waals surface area contributed by atoms with Gasteiger partial charge in [-0.15, -0.1) is 11.8 Å². The SMILES string of the molecule is CCC(C)Sc1cccc(-c2nc3cc(C)ccn3c2NCc2ccccc2)c1.O=C(O)C(F)(F)F. The molecule has 1 atom stereocenters. The predicted molar refractivity (Wildman–Crippen MR) is 138 cm³/mol. The van der Waals surface area contributed by atoms with Crippen LogP contribution in [-0.2, 0) is 11.3 Å². The number of alkyl halides is 3. The number of fused-ring (bicyclic) bond motifs is 1. The van der Waals surface area contributed by atoms with Crippen LogP contribution in [0.2, 0.25) is 0 Å². The van der Waals surface area contributed by atoms with Crippen molar-refractivity contribution in [3.05, 3.63) is 84.1 Å². The van der Waals surface area contributed by atoms with E-state index in [0.29, 0.717) is 5.25 Å². The van der Waals surface area contributed by atoms with Crippen molar-refractivity contribution >= 4 is 29.2 Å². The third-order valence-corrected chi connectivity index (χ3v) is 6.61. The summed E-state index contributed by atoms with van der Waals surface area (Å²) in [7, 11) is 0. The zero-order valence-corrected chi connectivity index (χ0v) is 21.0. The Morgan fingerprint density at radius 2 is 1.81 bits per heavy atom. The largest absolute Gasteiger partial charge is 0.490 e. The lowest BCUT2D eigenvalue weighted by Gasteiger charge is -2.11. The average Bonchev–Trinajstić information content (AvgIpc) is 3.20. The third kappa shape index (κ3) is 7.27. The Kier molecular flexibility index (Phi) is 9.03. The molecule has 2 heterocycles. The molecular weight excluding hydrogens is 487 g/mol. The molecule has 0 bridgehead atoms. The summed E-state index contributed by atoms with van der Waals surface area (Å²) in [6.45, 7) is 7.38. The van der Waals surface area contributed by atoms with Gasteiger partial charge in [0.25, 0.3) is 0 Å². The molecule has 190 valence electrons. The zero-order chi connectivity index (χ0) is 26.3. The summed E-state index contributed by atoms with van der Waals surface area (Å²) in [5.41, 5.74) is 5.58. The highest BCUT2D eigenvalue weighted by molar-refractivity contribution is 7.99. The molecule has 9 heteroatoms. The van der Waals surface area contributed by atoms with E-state index in [9.17, 15) is 13.2 Å². The molecule has 0 amide bonds. The topological polar surface area (TPSA) is 66.6 Å². The van der Waals surface area contributed by atoms with Crippen molar-refractivity contribution in [1.82, 2.24) is 9.38 Å². The number of nitrogens with one attached hydrogen (secondary N) is 1. The summed E-state index contributed by atoms with van der Waals surface area (Å²) in [6.07, 6.45) is -1.82. The van der Waals surface area contributed by atoms with Crippen LogP contribution in [0.15, 0.2) is 77.8 Å². The molecule has 2 N–H and O–H groups in total. The van der Waals surface area contributed by atoms with Gasteiger partial charge in [0.15, 0.2) is 0 Å². The fourth-order valence-corrected chi connectivity index (χ4v) is 4.31. The Hall–Kier alpha value is -3.46. The van der Waals surface area contributed by atoms with Crippen LogP contribution in [0.3, 0.4) is 0 Å². The van der Waals surface area contributed by atoms with Gasteiger partial charge >= 0.3 is 12.1 Å². The van der Waals surface area contributed by atoms with Crippen molar-refractivity contribution in [2.24, 2.45) is 0 Å². The van der Waals surface area contributed by atoms with Crippen LogP contribution in [-0.4, -0.2) is 31.9 Å². The van der Waals surface area contributed by atoms with Crippen LogP contribution in [0.1, 0.15) is 31.4 Å². The van der Waals surface area contributed by atoms with E-state index < -0.39 is 12.1 Å². The molecule has 0 radical (unpaired) electrons. The van der Waals surface area contributed by atoms with Gasteiger partial charge in [0.05, 0.1) is 0 Å². The van der Waals surface area contributed by atoms with Crippen molar-refractivity contribution in [2.75, 3.05) is 5.32 Å². The predicted octanol–water partition coefficient (Wildman–Crippen LogP) is 7.45. The molecule has 1 unspecified atom stereocenters. The van der Waals surface area contributed by atoms with Crippen molar-refractivity contribution in [3.63, 3.8) is 0 Å². The van der Waals surface area contributed by atoms with E-state index in [1.165, 1.54) is 16.0 Å². The molecule has 0 spiro atoms. The molecule has 2 aromatic carbocycles. The first-order valence-electron chi connectivity index (χ1n) is 11.4. The minimum absolute atomic E-state index is 0.602. The Labute approximate surface area is 212 Å². The van der Waals surface area contributed by atoms with Crippen molar-refractivity contribution < 1.29 is 23.1 Å². The van der Waals surface area contributed by atoms with E-state index in [-0.39, 0.29) is 0 Å². The van der Waals surface area contributed by atoms with Crippen LogP contribution in [0.4, 0.5) is 19.0 Å². The number of aliphatic carboxylic acids is 1. The summed E-state index contributed by atoms with van der Waals surface area (Å²) in [6, 6.07) is 23.5. The highest BCUT2D eigenvalue weighted by Gasteiger charge is 2.38. The van der Waals surface area contributed by atoms with Crippen LogP contribution >= 0.6 is 11.8 Å². The number of benzene rings is 2. The van der Waals surface area contributed by atoms with Gasteiger partial charge in [-0.2, -0.15) is 13.2 Å². The maximum absolute atomic E-state index is 10.6. The van der Waals surface area contributed by atoms with E-state index in [1.54, 1.807) is 0 Å². The summed E-state index contributed by atoms with van der Waals surface area (Å²) >= 11 is 1.92. The summed E-state index contributed by atoms with van der Waals surface area (Å²) < 4.78 is 33.9. The quantitative estimate of drug-likeness (QED) is 0.250. The highest BCUT2D eigenvalue weighted by atomic mass is 32.2. The van der Waals surface area contributed by atoms with E-state index in [1.807, 2.05) is 17.8 Å². The normalized spacial score (nSPS) is 12.1. The number of aromatic nitrogens is 2. The first kappa shape index (κ1) is 27.1. The van der Waals surface area contributed by atoms with Crippen molar-refractivity contribution in [3.8, 4) is 11.3 Å². The molecule has 5 nitrogen and oxygen atoms in total. The van der Waals surface area contributed by atoms with Gasteiger partial charge < -0.3 is 10.4 Å². The van der Waals surface area contributed by atoms with Gasteiger partial charge in [0.2, 0.25) is 0 Å². The summed E-state index contributed by atoms with van der Waals surface area (Å²) in [4.78, 5) is 15.2. The van der Waals surface area contributed by atoms with E-state index in [0.717, 1.165) is 35.7 Å². The number of halogens is 3. The van der Waals surface area contributed by atoms with Crippen LogP contribution in [0.25, 0.3) is 16.9 Å². The molecule has 4 aromatic rings. The third-order valence-electron chi connectivity index (χ3n) is 5.35. The van der Waals surface area contributed by atoms with Crippen molar-refractivity contribution in [2.45, 2.75) is 50.1 Å². The molecule has 0 saturated heterocycles. The average molecular weight is 516 g/mol. The van der Waals surface area contributed by atoms with Gasteiger partial charge in [-0.05, 0) is 48.7 Å². The molecule has 0 aliphatic carbocycles. The Balaban J connectivity index is 0.000000454. The minimum Gasteiger partial charge on any atom is -0.475 e. The number of hydrogen-bond donors (Lipinski definition) is 2. The molecule has 2 aromatic heterocycles. The number of carboxylic acids is 1. The lowest BCUT2D eigenvalue weighted by atomic mass is 10.1. The monoisotopic (exact) mass is 515 g/mol. The smallest absolute Gasteiger partial charge is 0.475 e. The van der Waals surface area contributed by atoms with E-state index in [2.05, 4.69) is 97.3 Å². The second-order valence-electron chi connectivity index (χ2n) is 8.25. The summed E-state index contributed by atoms with van der Waals surface area (Å²) in [5, 5.41) is 11.4. The van der Waals surface area contributed by atoms with Gasteiger partial charge in [0, 0.05) is 28.5 Å². The Bertz CT molecular complexity index is 1310. The second kappa shape index (κ2) is 12.0. The maximum Gasteiger partial charge on any atom is 0.490 e. The number of thioether (sulfide) groups is 1. The molecule has 0 saturated carbocycles. The minimum atomic E-state index is -5.08. The molecule has 0 fully saturated rings. The van der Waals surface area contributed by atoms with Crippen LogP contribution < -0.4 is 5.32 Å². The Morgan fingerprint density at radius 3 is 2.44 bits per heavy atom. The maximum atomic E-state index is 10.6. The molecule has 0 aliphatic rings. The number of carbonyl (C=O) groups is 1. The van der Waals surface area contributed by atoms with E-state index >= 15 is 0 Å². The van der Waals surface area contributed by atoms with Crippen LogP contribution in [0, 0.1) is 6.92 Å². The molecule has 4 rings (SSSR count). The number of nitrogens with zero attached hydrogens (tertiary/aromatic N) is 2. The lowest BCUT2D eigenvalue weighted by molar-refractivity contribution is -0.192. The van der Waals surface area contributed by atoms with Gasteiger partial charge in [-0.1, -0.05) is 56.3 Å².